The van der Waals surface area contributed by atoms with E-state index < -0.39 is 0 Å². The predicted octanol–water partition coefficient (Wildman–Crippen LogP) is 10.2. The van der Waals surface area contributed by atoms with Crippen LogP contribution in [0, 0.1) is 22.7 Å². The Kier molecular flexibility index (Phi) is 39.4. The minimum absolute atomic E-state index is 0.364. The molecule has 0 spiro atoms. The summed E-state index contributed by atoms with van der Waals surface area (Å²) in [7, 11) is 0.728. The van der Waals surface area contributed by atoms with E-state index in [-0.39, 0.29) is 0 Å². The minimum atomic E-state index is 0.364. The first-order chi connectivity index (χ1) is 15.1. The van der Waals surface area contributed by atoms with Gasteiger partial charge in [-0.15, -0.1) is 15.8 Å². The van der Waals surface area contributed by atoms with Gasteiger partial charge in [0, 0.05) is 13.8 Å². The van der Waals surface area contributed by atoms with Crippen molar-refractivity contribution in [3.63, 3.8) is 0 Å². The van der Waals surface area contributed by atoms with Crippen molar-refractivity contribution in [2.45, 2.75) is 125 Å². The highest BCUT2D eigenvalue weighted by Gasteiger charge is 2.11. The van der Waals surface area contributed by atoms with Crippen LogP contribution in [0.3, 0.4) is 0 Å². The maximum absolute atomic E-state index is 7.32. The fourth-order valence-corrected chi connectivity index (χ4v) is 9.02. The molecule has 0 aliphatic heterocycles. The van der Waals surface area contributed by atoms with Crippen molar-refractivity contribution >= 4 is 15.8 Å². The average molecular weight is 471 g/mol. The first-order valence-corrected chi connectivity index (χ1v) is 17.0. The van der Waals surface area contributed by atoms with Crippen molar-refractivity contribution in [3.05, 3.63) is 0 Å². The van der Waals surface area contributed by atoms with Gasteiger partial charge in [0.15, 0.2) is 0 Å². The van der Waals surface area contributed by atoms with E-state index in [4.69, 9.17) is 10.5 Å². The summed E-state index contributed by atoms with van der Waals surface area (Å²) in [5.74, 6) is 0. The quantitative estimate of drug-likeness (QED) is 0.131. The first kappa shape index (κ1) is 35.4. The van der Waals surface area contributed by atoms with Crippen molar-refractivity contribution < 1.29 is 0 Å². The fourth-order valence-electron chi connectivity index (χ4n) is 3.53. The Morgan fingerprint density at radius 1 is 0.419 bits per heavy atom. The summed E-state index contributed by atoms with van der Waals surface area (Å²) in [6, 6.07) is 3.50. The maximum atomic E-state index is 7.32. The number of hydrogen-bond acceptors (Lipinski definition) is 2. The minimum Gasteiger partial charge on any atom is -0.199 e. The zero-order valence-electron chi connectivity index (χ0n) is 22.2. The molecule has 0 bridgehead atoms. The van der Waals surface area contributed by atoms with Crippen LogP contribution >= 0.6 is 15.8 Å². The van der Waals surface area contributed by atoms with Crippen LogP contribution in [0.4, 0.5) is 0 Å². The molecule has 0 rings (SSSR count). The number of hydrogen-bond donors (Lipinski definition) is 0. The second kappa shape index (κ2) is 34.5. The van der Waals surface area contributed by atoms with Crippen LogP contribution in [0.25, 0.3) is 0 Å². The Bertz CT molecular complexity index is 332. The summed E-state index contributed by atoms with van der Waals surface area (Å²) in [5.41, 5.74) is 0. The van der Waals surface area contributed by atoms with Crippen LogP contribution in [0.2, 0.25) is 0 Å². The van der Waals surface area contributed by atoms with Crippen LogP contribution < -0.4 is 0 Å². The summed E-state index contributed by atoms with van der Waals surface area (Å²) in [6.07, 6.45) is 28.5. The van der Waals surface area contributed by atoms with E-state index in [1.165, 1.54) is 90.9 Å². The smallest absolute Gasteiger partial charge is 0.0587 e. The number of rotatable bonds is 20. The second-order valence-electron chi connectivity index (χ2n) is 8.31. The van der Waals surface area contributed by atoms with Crippen molar-refractivity contribution in [2.75, 3.05) is 37.0 Å². The third-order valence-corrected chi connectivity index (χ3v) is 11.0. The lowest BCUT2D eigenvalue weighted by molar-refractivity contribution is 0.758. The van der Waals surface area contributed by atoms with Gasteiger partial charge in [0.25, 0.3) is 0 Å². The van der Waals surface area contributed by atoms with Crippen LogP contribution in [-0.4, -0.2) is 37.0 Å². The molecule has 31 heavy (non-hydrogen) atoms. The van der Waals surface area contributed by atoms with Gasteiger partial charge in [0.2, 0.25) is 0 Å². The van der Waals surface area contributed by atoms with Crippen LogP contribution in [0.1, 0.15) is 125 Å². The summed E-state index contributed by atoms with van der Waals surface area (Å²) in [4.78, 5) is 0. The summed E-state index contributed by atoms with van der Waals surface area (Å²) in [5, 5.41) is 14.6. The predicted molar refractivity (Wildman–Crippen MR) is 148 cm³/mol. The zero-order valence-corrected chi connectivity index (χ0v) is 24.0. The lowest BCUT2D eigenvalue weighted by Gasteiger charge is -2.21. The van der Waals surface area contributed by atoms with E-state index in [0.717, 1.165) is 0 Å². The molecular formula is C27H56N2P2. The lowest BCUT2D eigenvalue weighted by Crippen LogP contribution is -2.01. The van der Waals surface area contributed by atoms with Crippen molar-refractivity contribution in [2.24, 2.45) is 0 Å². The zero-order chi connectivity index (χ0) is 24.0. The molecule has 0 N–H and O–H groups in total. The van der Waals surface area contributed by atoms with Crippen LogP contribution in [0.5, 0.6) is 0 Å². The fraction of sp³-hybridized carbons (Fsp3) is 0.926. The molecule has 0 aliphatic rings. The molecule has 0 amide bonds. The van der Waals surface area contributed by atoms with Crippen LogP contribution in [-0.2, 0) is 0 Å². The molecule has 0 heterocycles. The molecule has 2 nitrogen and oxygen atoms in total. The largest absolute Gasteiger partial charge is 0.199 e. The van der Waals surface area contributed by atoms with Crippen molar-refractivity contribution in [1.29, 1.82) is 10.5 Å². The number of nitrogens with zero attached hydrogens (tertiary/aromatic N) is 2. The molecule has 184 valence electrons. The van der Waals surface area contributed by atoms with E-state index in [0.29, 0.717) is 15.8 Å². The molecule has 0 unspecified atom stereocenters. The van der Waals surface area contributed by atoms with Crippen LogP contribution in [0.15, 0.2) is 0 Å². The van der Waals surface area contributed by atoms with E-state index in [9.17, 15) is 0 Å². The number of nitriles is 2. The van der Waals surface area contributed by atoms with Gasteiger partial charge in [0.1, 0.15) is 0 Å². The third kappa shape index (κ3) is 34.6. The highest BCUT2D eigenvalue weighted by molar-refractivity contribution is 7.58. The highest BCUT2D eigenvalue weighted by atomic mass is 31.1. The Labute approximate surface area is 200 Å². The molecular weight excluding hydrogens is 414 g/mol. The molecule has 0 saturated heterocycles. The molecule has 0 aromatic heterocycles. The first-order valence-electron chi connectivity index (χ1n) is 13.2. The van der Waals surface area contributed by atoms with Gasteiger partial charge in [-0.2, -0.15) is 10.5 Å². The molecule has 0 aliphatic carbocycles. The van der Waals surface area contributed by atoms with Crippen molar-refractivity contribution in [3.8, 4) is 12.1 Å². The van der Waals surface area contributed by atoms with Gasteiger partial charge in [-0.05, 0) is 69.1 Å². The van der Waals surface area contributed by atoms with Gasteiger partial charge < -0.3 is 0 Å². The van der Waals surface area contributed by atoms with E-state index in [1.54, 1.807) is 55.5 Å². The SMILES string of the molecule is CC#N.CC#N.CCCCCP(CCCCC)CCCP(CCCCC)CCCCC. The monoisotopic (exact) mass is 470 g/mol. The molecule has 0 aromatic rings. The molecule has 0 saturated carbocycles. The van der Waals surface area contributed by atoms with Gasteiger partial charge in [-0.3, -0.25) is 0 Å². The molecule has 0 aromatic carbocycles. The highest BCUT2D eigenvalue weighted by Crippen LogP contribution is 2.43. The van der Waals surface area contributed by atoms with E-state index in [2.05, 4.69) is 27.7 Å². The summed E-state index contributed by atoms with van der Waals surface area (Å²) in [6.45, 7) is 12.2. The third-order valence-electron chi connectivity index (χ3n) is 5.26. The van der Waals surface area contributed by atoms with Gasteiger partial charge in [-0.1, -0.05) is 79.1 Å². The molecule has 0 radical (unpaired) electrons. The van der Waals surface area contributed by atoms with E-state index >= 15 is 0 Å². The Morgan fingerprint density at radius 3 is 0.806 bits per heavy atom. The Morgan fingerprint density at radius 2 is 0.613 bits per heavy atom. The normalized spacial score (nSPS) is 10.0. The second-order valence-corrected chi connectivity index (χ2v) is 13.7. The average Bonchev–Trinajstić information content (AvgIpc) is 2.75. The van der Waals surface area contributed by atoms with Crippen molar-refractivity contribution in [1.82, 2.24) is 0 Å². The molecule has 0 fully saturated rings. The summed E-state index contributed by atoms with van der Waals surface area (Å²) < 4.78 is 0. The van der Waals surface area contributed by atoms with E-state index in [1.807, 2.05) is 0 Å². The van der Waals surface area contributed by atoms with Gasteiger partial charge >= 0.3 is 0 Å². The standard InChI is InChI=1S/C23H50P2.2C2H3N/c1-5-9-13-18-24(19-14-10-6-2)22-17-23-25(20-15-11-7-3)21-16-12-8-4;2*1-2-3/h5-23H2,1-4H3;2*1H3. The topological polar surface area (TPSA) is 47.6 Å². The lowest BCUT2D eigenvalue weighted by atomic mass is 10.3. The van der Waals surface area contributed by atoms with Gasteiger partial charge in [-0.25, -0.2) is 0 Å². The molecule has 4 heteroatoms. The number of unbranched alkanes of at least 4 members (excludes halogenated alkanes) is 8. The Balaban J connectivity index is -0.00000116. The Hall–Kier alpha value is -0.160. The van der Waals surface area contributed by atoms with Gasteiger partial charge in [0.05, 0.1) is 12.1 Å². The maximum Gasteiger partial charge on any atom is 0.0587 e. The summed E-state index contributed by atoms with van der Waals surface area (Å²) >= 11 is 0. The molecule has 0 atom stereocenters.